The number of nitrogens with one attached hydrogen (secondary N) is 1. The van der Waals surface area contributed by atoms with Crippen LogP contribution < -0.4 is 10.2 Å². The van der Waals surface area contributed by atoms with Crippen molar-refractivity contribution in [3.05, 3.63) is 24.3 Å². The van der Waals surface area contributed by atoms with Gasteiger partial charge in [-0.15, -0.1) is 0 Å². The number of carbonyl (C=O) groups is 2. The lowest BCUT2D eigenvalue weighted by Gasteiger charge is -2.36. The fourth-order valence-corrected chi connectivity index (χ4v) is 4.34. The highest BCUT2D eigenvalue weighted by Crippen LogP contribution is 2.31. The molecule has 0 spiro atoms. The second-order valence-electron chi connectivity index (χ2n) is 8.37. The van der Waals surface area contributed by atoms with Gasteiger partial charge in [-0.05, 0) is 49.4 Å². The maximum Gasteiger partial charge on any atom is 0.227 e. The number of anilines is 2. The molecule has 2 aliphatic carbocycles. The molecule has 0 atom stereocenters. The van der Waals surface area contributed by atoms with Gasteiger partial charge in [0, 0.05) is 49.9 Å². The molecule has 1 aromatic carbocycles. The second-order valence-corrected chi connectivity index (χ2v) is 8.37. The molecule has 1 N–H and O–H groups in total. The van der Waals surface area contributed by atoms with Crippen LogP contribution >= 0.6 is 0 Å². The molecule has 1 aromatic rings. The predicted octanol–water partition coefficient (Wildman–Crippen LogP) is 3.65. The number of rotatable bonds is 6. The van der Waals surface area contributed by atoms with Gasteiger partial charge in [-0.25, -0.2) is 0 Å². The second kappa shape index (κ2) is 8.32. The van der Waals surface area contributed by atoms with Gasteiger partial charge in [-0.2, -0.15) is 0 Å². The number of hydrogen-bond acceptors (Lipinski definition) is 3. The summed E-state index contributed by atoms with van der Waals surface area (Å²) < 4.78 is 0. The van der Waals surface area contributed by atoms with Gasteiger partial charge in [-0.1, -0.05) is 25.7 Å². The highest BCUT2D eigenvalue weighted by Gasteiger charge is 2.29. The third kappa shape index (κ3) is 4.82. The van der Waals surface area contributed by atoms with E-state index in [-0.39, 0.29) is 11.8 Å². The van der Waals surface area contributed by atoms with Crippen LogP contribution in [-0.4, -0.2) is 42.9 Å². The van der Waals surface area contributed by atoms with Gasteiger partial charge >= 0.3 is 0 Å². The van der Waals surface area contributed by atoms with Crippen molar-refractivity contribution in [2.45, 2.75) is 51.4 Å². The van der Waals surface area contributed by atoms with Crippen molar-refractivity contribution in [2.75, 3.05) is 36.4 Å². The van der Waals surface area contributed by atoms with Crippen LogP contribution in [0.1, 0.15) is 51.4 Å². The van der Waals surface area contributed by atoms with E-state index in [4.69, 9.17) is 0 Å². The Kier molecular flexibility index (Phi) is 5.65. The summed E-state index contributed by atoms with van der Waals surface area (Å²) in [6.45, 7) is 3.37. The van der Waals surface area contributed by atoms with Crippen molar-refractivity contribution in [3.63, 3.8) is 0 Å². The average molecular weight is 370 g/mol. The van der Waals surface area contributed by atoms with E-state index < -0.39 is 0 Å². The summed E-state index contributed by atoms with van der Waals surface area (Å²) in [5.74, 6) is 1.49. The Hall–Kier alpha value is -2.04. The van der Waals surface area contributed by atoms with Crippen LogP contribution in [0.4, 0.5) is 11.4 Å². The van der Waals surface area contributed by atoms with Gasteiger partial charge in [0.15, 0.2) is 0 Å². The van der Waals surface area contributed by atoms with Crippen LogP contribution in [0.5, 0.6) is 0 Å². The highest BCUT2D eigenvalue weighted by atomic mass is 16.2. The van der Waals surface area contributed by atoms with Gasteiger partial charge in [0.2, 0.25) is 11.8 Å². The van der Waals surface area contributed by atoms with Crippen molar-refractivity contribution >= 4 is 23.2 Å². The topological polar surface area (TPSA) is 52.7 Å². The maximum atomic E-state index is 12.5. The van der Waals surface area contributed by atoms with Gasteiger partial charge < -0.3 is 15.1 Å². The van der Waals surface area contributed by atoms with E-state index in [0.29, 0.717) is 5.91 Å². The lowest BCUT2D eigenvalue weighted by molar-refractivity contribution is -0.131. The van der Waals surface area contributed by atoms with Crippen LogP contribution in [0, 0.1) is 11.8 Å². The summed E-state index contributed by atoms with van der Waals surface area (Å²) in [5.41, 5.74) is 2.04. The minimum Gasteiger partial charge on any atom is -0.368 e. The summed E-state index contributed by atoms with van der Waals surface area (Å²) in [6, 6.07) is 8.10. The molecule has 146 valence electrons. The van der Waals surface area contributed by atoms with Gasteiger partial charge in [0.25, 0.3) is 0 Å². The van der Waals surface area contributed by atoms with E-state index in [1.54, 1.807) is 0 Å². The standard InChI is InChI=1S/C22H31N3O2/c26-21(12-5-17-3-1-2-4-17)25-15-13-24(14-16-25)20-10-8-19(9-11-20)23-22(27)18-6-7-18/h8-11,17-18H,1-7,12-16H2,(H,23,27). The van der Waals surface area contributed by atoms with Crippen LogP contribution in [0.2, 0.25) is 0 Å². The van der Waals surface area contributed by atoms with Crippen molar-refractivity contribution in [2.24, 2.45) is 11.8 Å². The summed E-state index contributed by atoms with van der Waals surface area (Å²) in [4.78, 5) is 28.7. The van der Waals surface area contributed by atoms with Crippen molar-refractivity contribution in [1.82, 2.24) is 4.90 Å². The van der Waals surface area contributed by atoms with Crippen molar-refractivity contribution in [1.29, 1.82) is 0 Å². The van der Waals surface area contributed by atoms with E-state index in [1.807, 2.05) is 17.0 Å². The zero-order valence-electron chi connectivity index (χ0n) is 16.2. The number of carbonyl (C=O) groups excluding carboxylic acids is 2. The molecule has 3 fully saturated rings. The van der Waals surface area contributed by atoms with Gasteiger partial charge in [0.1, 0.15) is 0 Å². The molecule has 27 heavy (non-hydrogen) atoms. The van der Waals surface area contributed by atoms with Crippen LogP contribution in [0.25, 0.3) is 0 Å². The molecule has 5 heteroatoms. The number of hydrogen-bond donors (Lipinski definition) is 1. The predicted molar refractivity (Wildman–Crippen MR) is 108 cm³/mol. The molecule has 5 nitrogen and oxygen atoms in total. The lowest BCUT2D eigenvalue weighted by Crippen LogP contribution is -2.48. The molecule has 0 radical (unpaired) electrons. The van der Waals surface area contributed by atoms with Gasteiger partial charge in [0.05, 0.1) is 0 Å². The Morgan fingerprint density at radius 2 is 1.59 bits per heavy atom. The minimum absolute atomic E-state index is 0.146. The SMILES string of the molecule is O=C(Nc1ccc(N2CCN(C(=O)CCC3CCCC3)CC2)cc1)C1CC1. The Morgan fingerprint density at radius 1 is 0.926 bits per heavy atom. The fourth-order valence-electron chi connectivity index (χ4n) is 4.34. The van der Waals surface area contributed by atoms with Crippen molar-refractivity contribution < 1.29 is 9.59 Å². The van der Waals surface area contributed by atoms with E-state index in [2.05, 4.69) is 22.3 Å². The zero-order chi connectivity index (χ0) is 18.6. The molecule has 2 saturated carbocycles. The Morgan fingerprint density at radius 3 is 2.22 bits per heavy atom. The summed E-state index contributed by atoms with van der Waals surface area (Å²) in [5, 5.41) is 2.98. The van der Waals surface area contributed by atoms with E-state index in [1.165, 1.54) is 25.7 Å². The van der Waals surface area contributed by atoms with Gasteiger partial charge in [-0.3, -0.25) is 9.59 Å². The molecule has 3 aliphatic rings. The molecule has 1 saturated heterocycles. The van der Waals surface area contributed by atoms with E-state index in [9.17, 15) is 9.59 Å². The van der Waals surface area contributed by atoms with E-state index in [0.717, 1.165) is 69.2 Å². The monoisotopic (exact) mass is 369 g/mol. The van der Waals surface area contributed by atoms with Crippen LogP contribution in [0.3, 0.4) is 0 Å². The fraction of sp³-hybridized carbons (Fsp3) is 0.636. The molecule has 1 heterocycles. The normalized spacial score (nSPS) is 20.7. The minimum atomic E-state index is 0.146. The zero-order valence-corrected chi connectivity index (χ0v) is 16.2. The number of piperazine rings is 1. The quantitative estimate of drug-likeness (QED) is 0.833. The molecule has 0 bridgehead atoms. The Bertz CT molecular complexity index is 655. The largest absolute Gasteiger partial charge is 0.368 e. The smallest absolute Gasteiger partial charge is 0.227 e. The van der Waals surface area contributed by atoms with Crippen LogP contribution in [-0.2, 0) is 9.59 Å². The van der Waals surface area contributed by atoms with E-state index >= 15 is 0 Å². The molecular weight excluding hydrogens is 338 g/mol. The lowest BCUT2D eigenvalue weighted by atomic mass is 10.0. The molecule has 4 rings (SSSR count). The maximum absolute atomic E-state index is 12.5. The first-order valence-electron chi connectivity index (χ1n) is 10.6. The first-order chi connectivity index (χ1) is 13.2. The third-order valence-corrected chi connectivity index (χ3v) is 6.32. The summed E-state index contributed by atoms with van der Waals surface area (Å²) in [7, 11) is 0. The summed E-state index contributed by atoms with van der Waals surface area (Å²) >= 11 is 0. The molecule has 2 amide bonds. The molecule has 0 unspecified atom stereocenters. The Labute approximate surface area is 162 Å². The summed E-state index contributed by atoms with van der Waals surface area (Å²) in [6.07, 6.45) is 9.17. The van der Waals surface area contributed by atoms with Crippen molar-refractivity contribution in [3.8, 4) is 0 Å². The average Bonchev–Trinajstić information content (AvgIpc) is 3.43. The molecular formula is C22H31N3O2. The highest BCUT2D eigenvalue weighted by molar-refractivity contribution is 5.94. The molecule has 0 aromatic heterocycles. The number of nitrogens with zero attached hydrogens (tertiary/aromatic N) is 2. The first kappa shape index (κ1) is 18.3. The number of benzene rings is 1. The molecule has 1 aliphatic heterocycles. The Balaban J connectivity index is 1.22. The first-order valence-corrected chi connectivity index (χ1v) is 10.6. The third-order valence-electron chi connectivity index (χ3n) is 6.32. The number of amides is 2. The van der Waals surface area contributed by atoms with Crippen LogP contribution in [0.15, 0.2) is 24.3 Å².